The third-order valence-corrected chi connectivity index (χ3v) is 6.53. The van der Waals surface area contributed by atoms with E-state index < -0.39 is 16.0 Å². The number of hydrogen-bond acceptors (Lipinski definition) is 5. The number of rotatable bonds is 4. The lowest BCUT2D eigenvalue weighted by atomic mass is 10.3. The Morgan fingerprint density at radius 2 is 2.00 bits per heavy atom. The number of carboxylic acid groups (broad SMARTS) is 1. The van der Waals surface area contributed by atoms with Gasteiger partial charge in [0.05, 0.1) is 11.9 Å². The molecular formula is C12H11BrN2O4S2. The van der Waals surface area contributed by atoms with Crippen LogP contribution in [-0.2, 0) is 10.0 Å². The number of carbonyl (C=O) groups is 1. The number of anilines is 1. The molecule has 2 heterocycles. The molecule has 112 valence electrons. The molecule has 2 aromatic rings. The van der Waals surface area contributed by atoms with Gasteiger partial charge in [0.2, 0.25) is 0 Å². The van der Waals surface area contributed by atoms with Crippen LogP contribution in [0.1, 0.15) is 20.8 Å². The third-order valence-electron chi connectivity index (χ3n) is 2.62. The first-order chi connectivity index (χ1) is 9.70. The van der Waals surface area contributed by atoms with Crippen LogP contribution in [0.4, 0.5) is 5.69 Å². The third kappa shape index (κ3) is 3.42. The maximum Gasteiger partial charge on any atom is 0.346 e. The normalized spacial score (nSPS) is 11.4. The summed E-state index contributed by atoms with van der Waals surface area (Å²) in [6.45, 7) is 3.34. The molecule has 0 radical (unpaired) electrons. The smallest absolute Gasteiger partial charge is 0.346 e. The molecule has 9 heteroatoms. The van der Waals surface area contributed by atoms with Gasteiger partial charge in [0.1, 0.15) is 13.7 Å². The first kappa shape index (κ1) is 15.9. The molecule has 21 heavy (non-hydrogen) atoms. The predicted molar refractivity (Wildman–Crippen MR) is 83.5 cm³/mol. The maximum absolute atomic E-state index is 12.3. The second-order valence-electron chi connectivity index (χ2n) is 4.32. The Morgan fingerprint density at radius 3 is 2.52 bits per heavy atom. The number of aryl methyl sites for hydroxylation is 2. The first-order valence-corrected chi connectivity index (χ1v) is 8.78. The van der Waals surface area contributed by atoms with Gasteiger partial charge in [-0.15, -0.1) is 11.3 Å². The number of pyridine rings is 1. The zero-order valence-corrected chi connectivity index (χ0v) is 14.3. The number of halogens is 1. The van der Waals surface area contributed by atoms with Crippen molar-refractivity contribution < 1.29 is 18.3 Å². The van der Waals surface area contributed by atoms with Crippen LogP contribution in [0.3, 0.4) is 0 Å². The lowest BCUT2D eigenvalue weighted by Gasteiger charge is -2.07. The summed E-state index contributed by atoms with van der Waals surface area (Å²) < 4.78 is 27.5. The molecule has 0 unspecified atom stereocenters. The fraction of sp³-hybridized carbons (Fsp3) is 0.167. The van der Waals surface area contributed by atoms with E-state index in [-0.39, 0.29) is 9.09 Å². The minimum atomic E-state index is -3.83. The van der Waals surface area contributed by atoms with Crippen LogP contribution < -0.4 is 4.72 Å². The van der Waals surface area contributed by atoms with E-state index in [1.807, 2.05) is 0 Å². The van der Waals surface area contributed by atoms with Crippen LogP contribution in [0.5, 0.6) is 0 Å². The van der Waals surface area contributed by atoms with Crippen molar-refractivity contribution in [1.82, 2.24) is 4.98 Å². The van der Waals surface area contributed by atoms with Crippen molar-refractivity contribution in [2.24, 2.45) is 0 Å². The van der Waals surface area contributed by atoms with Gasteiger partial charge < -0.3 is 5.11 Å². The second-order valence-corrected chi connectivity index (χ2v) is 8.03. The molecule has 0 amide bonds. The highest BCUT2D eigenvalue weighted by Gasteiger charge is 2.22. The number of sulfonamides is 1. The van der Waals surface area contributed by atoms with E-state index >= 15 is 0 Å². The number of aromatic nitrogens is 1. The van der Waals surface area contributed by atoms with Gasteiger partial charge in [0.15, 0.2) is 0 Å². The SMILES string of the molecule is Cc1cc(NS(=O)(=O)c2cc(C)c(C(=O)O)s2)cnc1Br. The summed E-state index contributed by atoms with van der Waals surface area (Å²) in [5.41, 5.74) is 1.51. The van der Waals surface area contributed by atoms with Gasteiger partial charge in [-0.2, -0.15) is 0 Å². The Balaban J connectivity index is 2.36. The van der Waals surface area contributed by atoms with E-state index in [1.54, 1.807) is 19.9 Å². The molecule has 6 nitrogen and oxygen atoms in total. The van der Waals surface area contributed by atoms with Crippen LogP contribution >= 0.6 is 27.3 Å². The van der Waals surface area contributed by atoms with Gasteiger partial charge in [0, 0.05) is 0 Å². The van der Waals surface area contributed by atoms with Crippen molar-refractivity contribution in [2.75, 3.05) is 4.72 Å². The monoisotopic (exact) mass is 390 g/mol. The lowest BCUT2D eigenvalue weighted by molar-refractivity contribution is 0.0701. The van der Waals surface area contributed by atoms with E-state index in [2.05, 4.69) is 25.6 Å². The van der Waals surface area contributed by atoms with Crippen molar-refractivity contribution in [2.45, 2.75) is 18.1 Å². The zero-order chi connectivity index (χ0) is 15.8. The topological polar surface area (TPSA) is 96.4 Å². The quantitative estimate of drug-likeness (QED) is 0.781. The van der Waals surface area contributed by atoms with Crippen LogP contribution in [0.2, 0.25) is 0 Å². The summed E-state index contributed by atoms with van der Waals surface area (Å²) in [4.78, 5) is 15.0. The fourth-order valence-corrected chi connectivity index (χ4v) is 4.25. The van der Waals surface area contributed by atoms with Gasteiger partial charge in [-0.05, 0) is 53.0 Å². The molecule has 0 bridgehead atoms. The van der Waals surface area contributed by atoms with Gasteiger partial charge >= 0.3 is 5.97 Å². The van der Waals surface area contributed by atoms with E-state index in [0.29, 0.717) is 15.9 Å². The number of carboxylic acids is 1. The standard InChI is InChI=1S/C12H11BrN2O4S2/c1-6-4-9(20-10(6)12(16)17)21(18,19)15-8-3-7(2)11(13)14-5-8/h3-5,15H,1-2H3,(H,16,17). The highest BCUT2D eigenvalue weighted by molar-refractivity contribution is 9.10. The van der Waals surface area contributed by atoms with Crippen molar-refractivity contribution in [1.29, 1.82) is 0 Å². The number of hydrogen-bond donors (Lipinski definition) is 2. The average Bonchev–Trinajstić information content (AvgIpc) is 2.77. The average molecular weight is 391 g/mol. The molecule has 2 rings (SSSR count). The number of aromatic carboxylic acids is 1. The molecule has 0 fully saturated rings. The molecule has 0 atom stereocenters. The highest BCUT2D eigenvalue weighted by atomic mass is 79.9. The molecule has 0 saturated heterocycles. The predicted octanol–water partition coefficient (Wildman–Crippen LogP) is 3.02. The molecule has 0 aromatic carbocycles. The highest BCUT2D eigenvalue weighted by Crippen LogP contribution is 2.28. The Kier molecular flexibility index (Phi) is 4.35. The largest absolute Gasteiger partial charge is 0.477 e. The Bertz CT molecular complexity index is 815. The lowest BCUT2D eigenvalue weighted by Crippen LogP contribution is -2.11. The number of nitrogens with zero attached hydrogens (tertiary/aromatic N) is 1. The van der Waals surface area contributed by atoms with Crippen LogP contribution in [0.15, 0.2) is 27.1 Å². The molecule has 2 N–H and O–H groups in total. The minimum Gasteiger partial charge on any atom is -0.477 e. The zero-order valence-electron chi connectivity index (χ0n) is 11.0. The molecule has 0 saturated carbocycles. The number of nitrogens with one attached hydrogen (secondary N) is 1. The van der Waals surface area contributed by atoms with E-state index in [4.69, 9.17) is 5.11 Å². The summed E-state index contributed by atoms with van der Waals surface area (Å²) in [5.74, 6) is -1.14. The summed E-state index contributed by atoms with van der Waals surface area (Å²) in [6, 6.07) is 2.98. The summed E-state index contributed by atoms with van der Waals surface area (Å²) in [5, 5.41) is 8.98. The maximum atomic E-state index is 12.3. The molecule has 2 aromatic heterocycles. The van der Waals surface area contributed by atoms with E-state index in [9.17, 15) is 13.2 Å². The Morgan fingerprint density at radius 1 is 1.33 bits per heavy atom. The van der Waals surface area contributed by atoms with Gasteiger partial charge in [-0.25, -0.2) is 18.2 Å². The molecule has 0 aliphatic rings. The first-order valence-electron chi connectivity index (χ1n) is 5.69. The van der Waals surface area contributed by atoms with Crippen molar-refractivity contribution in [3.05, 3.63) is 38.9 Å². The Hall–Kier alpha value is -1.45. The summed E-state index contributed by atoms with van der Waals surface area (Å²) in [7, 11) is -3.83. The molecular weight excluding hydrogens is 380 g/mol. The van der Waals surface area contributed by atoms with Crippen molar-refractivity contribution >= 4 is 48.9 Å². The molecule has 0 aliphatic heterocycles. The van der Waals surface area contributed by atoms with E-state index in [1.165, 1.54) is 12.3 Å². The number of thiophene rings is 1. The molecule has 0 spiro atoms. The summed E-state index contributed by atoms with van der Waals surface area (Å²) >= 11 is 3.95. The van der Waals surface area contributed by atoms with Crippen LogP contribution in [0, 0.1) is 13.8 Å². The second kappa shape index (κ2) is 5.74. The van der Waals surface area contributed by atoms with Gasteiger partial charge in [-0.1, -0.05) is 0 Å². The van der Waals surface area contributed by atoms with Gasteiger partial charge in [0.25, 0.3) is 10.0 Å². The van der Waals surface area contributed by atoms with Gasteiger partial charge in [-0.3, -0.25) is 4.72 Å². The minimum absolute atomic E-state index is 0.0143. The van der Waals surface area contributed by atoms with Crippen LogP contribution in [0.25, 0.3) is 0 Å². The van der Waals surface area contributed by atoms with E-state index in [0.717, 1.165) is 16.9 Å². The van der Waals surface area contributed by atoms with Crippen molar-refractivity contribution in [3.63, 3.8) is 0 Å². The summed E-state index contributed by atoms with van der Waals surface area (Å²) in [6.07, 6.45) is 1.38. The van der Waals surface area contributed by atoms with Crippen molar-refractivity contribution in [3.8, 4) is 0 Å². The van der Waals surface area contributed by atoms with Crippen LogP contribution in [-0.4, -0.2) is 24.5 Å². The molecule has 0 aliphatic carbocycles. The fourth-order valence-electron chi connectivity index (χ4n) is 1.62. The Labute approximate surface area is 134 Å².